The number of nitrogens with one attached hydrogen (secondary N) is 2. The van der Waals surface area contributed by atoms with Gasteiger partial charge in [0.2, 0.25) is 5.91 Å². The maximum atomic E-state index is 12.9. The molecular formula is C23H24Cl3N5O2S. The molecule has 0 spiro atoms. The van der Waals surface area contributed by atoms with E-state index < -0.39 is 6.04 Å². The summed E-state index contributed by atoms with van der Waals surface area (Å²) >= 11 is 19.5. The van der Waals surface area contributed by atoms with Gasteiger partial charge in [-0.3, -0.25) is 9.59 Å². The molecule has 0 saturated carbocycles. The van der Waals surface area contributed by atoms with Crippen molar-refractivity contribution in [1.29, 1.82) is 0 Å². The number of halogens is 3. The molecule has 0 unspecified atom stereocenters. The van der Waals surface area contributed by atoms with Crippen molar-refractivity contribution < 1.29 is 9.59 Å². The van der Waals surface area contributed by atoms with Gasteiger partial charge in [0.05, 0.1) is 33.1 Å². The highest BCUT2D eigenvalue weighted by molar-refractivity contribution is 7.99. The van der Waals surface area contributed by atoms with E-state index in [4.69, 9.17) is 34.8 Å². The zero-order chi connectivity index (χ0) is 24.8. The van der Waals surface area contributed by atoms with Crippen LogP contribution in [0.25, 0.3) is 0 Å². The van der Waals surface area contributed by atoms with Crippen LogP contribution in [0.2, 0.25) is 15.1 Å². The van der Waals surface area contributed by atoms with Gasteiger partial charge in [-0.1, -0.05) is 72.5 Å². The third kappa shape index (κ3) is 6.88. The van der Waals surface area contributed by atoms with Crippen molar-refractivity contribution in [2.45, 2.75) is 31.5 Å². The fraction of sp³-hybridized carbons (Fsp3) is 0.304. The Hall–Kier alpha value is -2.26. The minimum Gasteiger partial charge on any atom is -0.342 e. The van der Waals surface area contributed by atoms with Crippen molar-refractivity contribution in [3.05, 3.63) is 68.9 Å². The summed E-state index contributed by atoms with van der Waals surface area (Å²) < 4.78 is 1.78. The zero-order valence-corrected chi connectivity index (χ0v) is 21.9. The van der Waals surface area contributed by atoms with Gasteiger partial charge in [-0.2, -0.15) is 0 Å². The van der Waals surface area contributed by atoms with Crippen LogP contribution in [-0.4, -0.2) is 32.3 Å². The van der Waals surface area contributed by atoms with E-state index in [9.17, 15) is 9.59 Å². The van der Waals surface area contributed by atoms with Gasteiger partial charge in [-0.05, 0) is 42.7 Å². The molecule has 2 amide bonds. The third-order valence-corrected chi connectivity index (χ3v) is 6.75. The van der Waals surface area contributed by atoms with Crippen LogP contribution in [-0.2, 0) is 11.8 Å². The van der Waals surface area contributed by atoms with Crippen molar-refractivity contribution in [1.82, 2.24) is 20.1 Å². The number of rotatable bonds is 9. The summed E-state index contributed by atoms with van der Waals surface area (Å²) in [5.74, 6) is 0.440. The van der Waals surface area contributed by atoms with Crippen LogP contribution in [0.15, 0.2) is 47.6 Å². The molecule has 3 aromatic rings. The lowest BCUT2D eigenvalue weighted by molar-refractivity contribution is -0.113. The summed E-state index contributed by atoms with van der Waals surface area (Å²) in [7, 11) is 1.80. The number of anilines is 1. The normalized spacial score (nSPS) is 12.0. The van der Waals surface area contributed by atoms with E-state index in [1.165, 1.54) is 17.8 Å². The van der Waals surface area contributed by atoms with E-state index in [1.54, 1.807) is 48.0 Å². The SMILES string of the molecule is CC(C)C[C@@H](NC(=O)c1ccc(Cl)cc1Cl)c1nnc(SCC(=O)Nc2ccccc2Cl)n1C. The Balaban J connectivity index is 1.71. The second-order valence-electron chi connectivity index (χ2n) is 8.00. The lowest BCUT2D eigenvalue weighted by Gasteiger charge is -2.20. The number of aromatic nitrogens is 3. The molecule has 0 bridgehead atoms. The van der Waals surface area contributed by atoms with Crippen LogP contribution in [0.5, 0.6) is 0 Å². The number of carbonyl (C=O) groups is 2. The highest BCUT2D eigenvalue weighted by atomic mass is 35.5. The number of para-hydroxylation sites is 1. The standard InChI is InChI=1S/C23H24Cl3N5O2S/c1-13(2)10-19(28-22(33)15-9-8-14(24)11-17(15)26)21-29-30-23(31(21)3)34-12-20(32)27-18-7-5-4-6-16(18)25/h4-9,11,13,19H,10,12H2,1-3H3,(H,27,32)(H,28,33)/t19-/m1/s1. The molecule has 34 heavy (non-hydrogen) atoms. The van der Waals surface area contributed by atoms with Gasteiger partial charge >= 0.3 is 0 Å². The number of nitrogens with zero attached hydrogens (tertiary/aromatic N) is 3. The molecule has 1 heterocycles. The second kappa shape index (κ2) is 11.9. The summed E-state index contributed by atoms with van der Waals surface area (Å²) in [6.07, 6.45) is 0.639. The quantitative estimate of drug-likeness (QED) is 0.324. The first-order valence-corrected chi connectivity index (χ1v) is 12.6. The first-order chi connectivity index (χ1) is 16.2. The Morgan fingerprint density at radius 1 is 1.06 bits per heavy atom. The molecule has 11 heteroatoms. The van der Waals surface area contributed by atoms with Gasteiger partial charge in [-0.15, -0.1) is 10.2 Å². The molecule has 0 fully saturated rings. The summed E-state index contributed by atoms with van der Waals surface area (Å²) in [6.45, 7) is 4.11. The van der Waals surface area contributed by atoms with Crippen LogP contribution in [0, 0.1) is 5.92 Å². The molecular weight excluding hydrogens is 517 g/mol. The average molecular weight is 541 g/mol. The molecule has 3 rings (SSSR count). The molecule has 0 saturated heterocycles. The van der Waals surface area contributed by atoms with Gasteiger partial charge in [0, 0.05) is 12.1 Å². The zero-order valence-electron chi connectivity index (χ0n) is 18.8. The molecule has 2 N–H and O–H groups in total. The number of thioether (sulfide) groups is 1. The van der Waals surface area contributed by atoms with Crippen LogP contribution < -0.4 is 10.6 Å². The van der Waals surface area contributed by atoms with E-state index in [1.807, 2.05) is 0 Å². The number of hydrogen-bond donors (Lipinski definition) is 2. The van der Waals surface area contributed by atoms with Crippen LogP contribution in [0.4, 0.5) is 5.69 Å². The van der Waals surface area contributed by atoms with E-state index in [0.29, 0.717) is 38.7 Å². The van der Waals surface area contributed by atoms with Crippen molar-refractivity contribution in [3.63, 3.8) is 0 Å². The Morgan fingerprint density at radius 2 is 1.79 bits per heavy atom. The predicted octanol–water partition coefficient (Wildman–Crippen LogP) is 6.02. The Morgan fingerprint density at radius 3 is 2.47 bits per heavy atom. The van der Waals surface area contributed by atoms with Crippen LogP contribution in [0.1, 0.15) is 42.5 Å². The monoisotopic (exact) mass is 539 g/mol. The third-order valence-electron chi connectivity index (χ3n) is 4.85. The first-order valence-electron chi connectivity index (χ1n) is 10.5. The number of carbonyl (C=O) groups excluding carboxylic acids is 2. The van der Waals surface area contributed by atoms with Crippen molar-refractivity contribution in [3.8, 4) is 0 Å². The van der Waals surface area contributed by atoms with E-state index in [-0.39, 0.29) is 28.5 Å². The highest BCUT2D eigenvalue weighted by Gasteiger charge is 2.24. The summed E-state index contributed by atoms with van der Waals surface area (Å²) in [4.78, 5) is 25.3. The number of amides is 2. The lowest BCUT2D eigenvalue weighted by Crippen LogP contribution is -2.31. The molecule has 0 aliphatic heterocycles. The molecule has 1 atom stereocenters. The maximum Gasteiger partial charge on any atom is 0.253 e. The summed E-state index contributed by atoms with van der Waals surface area (Å²) in [6, 6.07) is 11.4. The molecule has 180 valence electrons. The fourth-order valence-electron chi connectivity index (χ4n) is 3.24. The smallest absolute Gasteiger partial charge is 0.253 e. The van der Waals surface area contributed by atoms with Crippen LogP contribution >= 0.6 is 46.6 Å². The minimum atomic E-state index is -0.400. The minimum absolute atomic E-state index is 0.124. The summed E-state index contributed by atoms with van der Waals surface area (Å²) in [5.41, 5.74) is 0.877. The van der Waals surface area contributed by atoms with Crippen molar-refractivity contribution in [2.24, 2.45) is 13.0 Å². The van der Waals surface area contributed by atoms with Gasteiger partial charge in [0.1, 0.15) is 0 Å². The van der Waals surface area contributed by atoms with E-state index in [2.05, 4.69) is 34.7 Å². The van der Waals surface area contributed by atoms with Gasteiger partial charge in [0.15, 0.2) is 11.0 Å². The Bertz CT molecular complexity index is 1190. The second-order valence-corrected chi connectivity index (χ2v) is 10.2. The predicted molar refractivity (Wildman–Crippen MR) is 138 cm³/mol. The summed E-state index contributed by atoms with van der Waals surface area (Å²) in [5, 5.41) is 16.1. The number of hydrogen-bond acceptors (Lipinski definition) is 5. The van der Waals surface area contributed by atoms with Crippen molar-refractivity contribution >= 4 is 64.1 Å². The Kier molecular flexibility index (Phi) is 9.24. The molecule has 1 aromatic heterocycles. The van der Waals surface area contributed by atoms with Gasteiger partial charge in [-0.25, -0.2) is 0 Å². The van der Waals surface area contributed by atoms with Crippen molar-refractivity contribution in [2.75, 3.05) is 11.1 Å². The molecule has 0 radical (unpaired) electrons. The fourth-order valence-corrected chi connectivity index (χ4v) is 4.64. The molecule has 2 aromatic carbocycles. The molecule has 7 nitrogen and oxygen atoms in total. The Labute approximate surface area is 217 Å². The van der Waals surface area contributed by atoms with E-state index >= 15 is 0 Å². The maximum absolute atomic E-state index is 12.9. The number of benzene rings is 2. The lowest BCUT2D eigenvalue weighted by atomic mass is 10.0. The molecule has 0 aliphatic carbocycles. The van der Waals surface area contributed by atoms with Gasteiger partial charge in [0.25, 0.3) is 5.91 Å². The van der Waals surface area contributed by atoms with Gasteiger partial charge < -0.3 is 15.2 Å². The first kappa shape index (κ1) is 26.3. The largest absolute Gasteiger partial charge is 0.342 e. The molecule has 0 aliphatic rings. The average Bonchev–Trinajstić information content (AvgIpc) is 3.13. The van der Waals surface area contributed by atoms with Crippen LogP contribution in [0.3, 0.4) is 0 Å². The topological polar surface area (TPSA) is 88.9 Å². The van der Waals surface area contributed by atoms with E-state index in [0.717, 1.165) is 0 Å². The highest BCUT2D eigenvalue weighted by Crippen LogP contribution is 2.27.